The number of aromatic nitrogens is 2. The van der Waals surface area contributed by atoms with Crippen molar-refractivity contribution in [3.63, 3.8) is 0 Å². The van der Waals surface area contributed by atoms with E-state index in [4.69, 9.17) is 0 Å². The second-order valence-corrected chi connectivity index (χ2v) is 9.21. The molecule has 0 saturated carbocycles. The maximum absolute atomic E-state index is 13.4. The van der Waals surface area contributed by atoms with Crippen LogP contribution in [0.15, 0.2) is 73.3 Å². The van der Waals surface area contributed by atoms with Crippen LogP contribution in [0.2, 0.25) is 0 Å². The van der Waals surface area contributed by atoms with E-state index in [1.165, 1.54) is 9.80 Å². The fraction of sp³-hybridized carbons (Fsp3) is 0.143. The molecule has 0 unspecified atom stereocenters. The molecule has 8 nitrogen and oxygen atoms in total. The van der Waals surface area contributed by atoms with Crippen LogP contribution in [0, 0.1) is 0 Å². The van der Waals surface area contributed by atoms with E-state index in [1.54, 1.807) is 24.3 Å². The van der Waals surface area contributed by atoms with Crippen molar-refractivity contribution >= 4 is 34.4 Å². The zero-order valence-corrected chi connectivity index (χ0v) is 24.8. The minimum atomic E-state index is -0.441. The molecule has 0 bridgehead atoms. The van der Waals surface area contributed by atoms with Crippen LogP contribution in [0.25, 0.3) is 10.8 Å². The lowest BCUT2D eigenvalue weighted by Gasteiger charge is -2.31. The molecule has 4 heterocycles. The standard InChI is InChI=1S/C28H22N4O4.2HI/c1-29-11-7-17(8-12-29)15-31-25(33)19-3-5-21-24-22(6-4-20(23(19)24)26(31)34)28(36)32(27(21)35)16-18-9-13-30(2)14-10-18;;/h3-14H,15-16H2,1-2H3;2*1H/q+2;;/p-2. The number of aryl methyl sites for hydroxylation is 2. The summed E-state index contributed by atoms with van der Waals surface area (Å²) in [6.45, 7) is 0.257. The maximum Gasteiger partial charge on any atom is 0.261 e. The molecule has 2 aromatic carbocycles. The highest BCUT2D eigenvalue weighted by Crippen LogP contribution is 2.38. The predicted octanol–water partition coefficient (Wildman–Crippen LogP) is -3.91. The van der Waals surface area contributed by atoms with Crippen molar-refractivity contribution in [1.82, 2.24) is 9.80 Å². The second kappa shape index (κ2) is 10.5. The predicted molar refractivity (Wildman–Crippen MR) is 128 cm³/mol. The first-order chi connectivity index (χ1) is 17.3. The Hall–Kier alpha value is -3.26. The third kappa shape index (κ3) is 4.38. The number of rotatable bonds is 4. The van der Waals surface area contributed by atoms with Crippen LogP contribution >= 0.6 is 0 Å². The number of carbonyl (C=O) groups excluding carboxylic acids is 4. The van der Waals surface area contributed by atoms with Crippen LogP contribution in [0.5, 0.6) is 0 Å². The molecule has 4 amide bonds. The quantitative estimate of drug-likeness (QED) is 0.122. The highest BCUT2D eigenvalue weighted by molar-refractivity contribution is 6.33. The number of halogens is 2. The van der Waals surface area contributed by atoms with Gasteiger partial charge in [-0.15, -0.1) is 0 Å². The Morgan fingerprint density at radius 2 is 0.763 bits per heavy atom. The summed E-state index contributed by atoms with van der Waals surface area (Å²) in [6, 6.07) is 13.8. The molecule has 0 N–H and O–H groups in total. The number of hydrogen-bond acceptors (Lipinski definition) is 4. The molecule has 192 valence electrons. The summed E-state index contributed by atoms with van der Waals surface area (Å²) >= 11 is 0. The van der Waals surface area contributed by atoms with Crippen molar-refractivity contribution in [1.29, 1.82) is 0 Å². The first-order valence-electron chi connectivity index (χ1n) is 11.5. The average Bonchev–Trinajstić information content (AvgIpc) is 2.88. The third-order valence-electron chi connectivity index (χ3n) is 6.84. The van der Waals surface area contributed by atoms with Crippen LogP contribution in [0.3, 0.4) is 0 Å². The first kappa shape index (κ1) is 27.8. The van der Waals surface area contributed by atoms with Gasteiger partial charge in [-0.25, -0.2) is 9.13 Å². The van der Waals surface area contributed by atoms with Crippen LogP contribution < -0.4 is 57.1 Å². The van der Waals surface area contributed by atoms with Gasteiger partial charge in [-0.05, 0) is 35.4 Å². The Morgan fingerprint density at radius 1 is 0.500 bits per heavy atom. The third-order valence-corrected chi connectivity index (χ3v) is 6.84. The van der Waals surface area contributed by atoms with E-state index in [0.29, 0.717) is 33.0 Å². The second-order valence-electron chi connectivity index (χ2n) is 9.21. The molecular weight excluding hydrogens is 710 g/mol. The van der Waals surface area contributed by atoms with E-state index in [9.17, 15) is 19.2 Å². The zero-order chi connectivity index (χ0) is 25.1. The largest absolute Gasteiger partial charge is 1.00 e. The van der Waals surface area contributed by atoms with Gasteiger partial charge >= 0.3 is 0 Å². The van der Waals surface area contributed by atoms with E-state index >= 15 is 0 Å². The average molecular weight is 732 g/mol. The van der Waals surface area contributed by atoms with Crippen LogP contribution in [0.1, 0.15) is 52.6 Å². The summed E-state index contributed by atoms with van der Waals surface area (Å²) in [5.74, 6) is -1.76. The Morgan fingerprint density at radius 3 is 1.03 bits per heavy atom. The van der Waals surface area contributed by atoms with Crippen molar-refractivity contribution in [3.05, 3.63) is 107 Å². The number of hydrogen-bond donors (Lipinski definition) is 0. The van der Waals surface area contributed by atoms with Gasteiger partial charge in [-0.1, -0.05) is 0 Å². The highest BCUT2D eigenvalue weighted by atomic mass is 127. The summed E-state index contributed by atoms with van der Waals surface area (Å²) in [5, 5.41) is 0.757. The van der Waals surface area contributed by atoms with Crippen LogP contribution in [-0.4, -0.2) is 33.4 Å². The zero-order valence-electron chi connectivity index (χ0n) is 20.5. The lowest BCUT2D eigenvalue weighted by Crippen LogP contribution is -3.00. The molecule has 2 aromatic heterocycles. The van der Waals surface area contributed by atoms with Crippen LogP contribution in [0.4, 0.5) is 0 Å². The lowest BCUT2D eigenvalue weighted by molar-refractivity contribution is -0.671. The fourth-order valence-electron chi connectivity index (χ4n) is 4.90. The van der Waals surface area contributed by atoms with Gasteiger partial charge in [0, 0.05) is 57.3 Å². The van der Waals surface area contributed by atoms with Crippen molar-refractivity contribution in [2.75, 3.05) is 0 Å². The number of amides is 4. The number of nitrogens with zero attached hydrogens (tertiary/aromatic N) is 4. The molecule has 2 aliphatic heterocycles. The Balaban J connectivity index is 0.00000168. The molecule has 0 fully saturated rings. The minimum Gasteiger partial charge on any atom is -1.00 e. The summed E-state index contributed by atoms with van der Waals surface area (Å²) in [4.78, 5) is 56.1. The summed E-state index contributed by atoms with van der Waals surface area (Å²) in [7, 11) is 3.78. The molecule has 4 aromatic rings. The van der Waals surface area contributed by atoms with E-state index in [1.807, 2.05) is 72.3 Å². The van der Waals surface area contributed by atoms with Crippen molar-refractivity contribution < 1.29 is 76.3 Å². The van der Waals surface area contributed by atoms with Crippen molar-refractivity contribution in [3.8, 4) is 0 Å². The molecule has 0 radical (unpaired) electrons. The number of benzene rings is 2. The molecule has 10 heteroatoms. The highest BCUT2D eigenvalue weighted by Gasteiger charge is 2.39. The Labute approximate surface area is 252 Å². The molecule has 0 spiro atoms. The van der Waals surface area contributed by atoms with Crippen molar-refractivity contribution in [2.24, 2.45) is 14.1 Å². The summed E-state index contributed by atoms with van der Waals surface area (Å²) in [6.07, 6.45) is 7.41. The number of pyridine rings is 2. The molecular formula is C28H22I2N4O4. The SMILES string of the molecule is C[n+]1ccc(CN2C(=O)c3ccc4c5c(ccc(c35)C2=O)C(=O)N(Cc2cc[n+](C)cc2)C4=O)cc1.[I-].[I-]. The van der Waals surface area contributed by atoms with Gasteiger partial charge in [0.25, 0.3) is 23.6 Å². The monoisotopic (exact) mass is 732 g/mol. The van der Waals surface area contributed by atoms with Crippen molar-refractivity contribution in [2.45, 2.75) is 13.1 Å². The van der Waals surface area contributed by atoms with Gasteiger partial charge in [0.05, 0.1) is 13.1 Å². The van der Waals surface area contributed by atoms with Gasteiger partial charge in [-0.2, -0.15) is 0 Å². The molecule has 6 rings (SSSR count). The molecule has 0 aliphatic carbocycles. The number of imide groups is 2. The minimum absolute atomic E-state index is 0. The van der Waals surface area contributed by atoms with Gasteiger partial charge in [0.2, 0.25) is 0 Å². The smallest absolute Gasteiger partial charge is 0.261 e. The normalized spacial score (nSPS) is 13.9. The van der Waals surface area contributed by atoms with Gasteiger partial charge in [0.1, 0.15) is 14.1 Å². The fourth-order valence-corrected chi connectivity index (χ4v) is 4.90. The van der Waals surface area contributed by atoms with E-state index < -0.39 is 23.6 Å². The van der Waals surface area contributed by atoms with E-state index in [-0.39, 0.29) is 61.0 Å². The van der Waals surface area contributed by atoms with Gasteiger partial charge < -0.3 is 48.0 Å². The first-order valence-corrected chi connectivity index (χ1v) is 11.5. The molecule has 2 aliphatic rings. The summed E-state index contributed by atoms with van der Waals surface area (Å²) in [5.41, 5.74) is 2.90. The van der Waals surface area contributed by atoms with Crippen LogP contribution in [-0.2, 0) is 27.2 Å². The van der Waals surface area contributed by atoms with Gasteiger partial charge in [0.15, 0.2) is 24.8 Å². The molecule has 38 heavy (non-hydrogen) atoms. The Bertz CT molecular complexity index is 1440. The van der Waals surface area contributed by atoms with E-state index in [2.05, 4.69) is 0 Å². The van der Waals surface area contributed by atoms with E-state index in [0.717, 1.165) is 11.1 Å². The Kier molecular flexibility index (Phi) is 7.66. The molecule has 0 atom stereocenters. The summed E-state index contributed by atoms with van der Waals surface area (Å²) < 4.78 is 3.74. The topological polar surface area (TPSA) is 82.5 Å². The maximum atomic E-state index is 13.4. The van der Waals surface area contributed by atoms with Gasteiger partial charge in [-0.3, -0.25) is 29.0 Å². The lowest BCUT2D eigenvalue weighted by atomic mass is 9.85. The molecule has 0 saturated heterocycles. The number of carbonyl (C=O) groups is 4.